The lowest BCUT2D eigenvalue weighted by atomic mass is 9.98. The smallest absolute Gasteiger partial charge is 0.502 e. The van der Waals surface area contributed by atoms with Crippen LogP contribution >= 0.6 is 0 Å². The van der Waals surface area contributed by atoms with Crippen molar-refractivity contribution in [1.29, 1.82) is 0 Å². The molecule has 12 nitrogen and oxygen atoms in total. The van der Waals surface area contributed by atoms with Crippen LogP contribution < -0.4 is 10.6 Å². The summed E-state index contributed by atoms with van der Waals surface area (Å²) in [6, 6.07) is 10.7. The van der Waals surface area contributed by atoms with Crippen LogP contribution in [0.15, 0.2) is 130 Å². The number of aryl methyl sites for hydroxylation is 2. The zero-order valence-electron chi connectivity index (χ0n) is 45.9. The summed E-state index contributed by atoms with van der Waals surface area (Å²) in [5.41, 5.74) is 5.86. The number of hydrogen-bond acceptors (Lipinski definition) is 10. The third kappa shape index (κ3) is 52.9. The third-order valence-electron chi connectivity index (χ3n) is 7.18. The van der Waals surface area contributed by atoms with Crippen LogP contribution in [0.4, 0.5) is 8.78 Å². The molecule has 0 fully saturated rings. The van der Waals surface area contributed by atoms with Gasteiger partial charge in [0.25, 0.3) is 0 Å². The molecular weight excluding hydrogens is 875 g/mol. The molecule has 0 unspecified atom stereocenters. The fourth-order valence-corrected chi connectivity index (χ4v) is 4.65. The molecule has 396 valence electrons. The van der Waals surface area contributed by atoms with Crippen molar-refractivity contribution < 1.29 is 27.7 Å². The van der Waals surface area contributed by atoms with Gasteiger partial charge in [0.05, 0.1) is 19.1 Å². The van der Waals surface area contributed by atoms with E-state index in [1.165, 1.54) is 74.4 Å². The summed E-state index contributed by atoms with van der Waals surface area (Å²) in [4.78, 5) is 14.3. The van der Waals surface area contributed by atoms with Crippen molar-refractivity contribution in [2.45, 2.75) is 168 Å². The molecule has 0 saturated heterocycles. The van der Waals surface area contributed by atoms with E-state index in [4.69, 9.17) is 9.47 Å². The molecule has 4 aliphatic heterocycles. The Hall–Kier alpha value is -5.92. The summed E-state index contributed by atoms with van der Waals surface area (Å²) < 4.78 is 39.8. The van der Waals surface area contributed by atoms with E-state index in [2.05, 4.69) is 105 Å². The Labute approximate surface area is 420 Å². The standard InChI is InChI=1S/C9H8.C8H11N.C5H8O.C4H4N2.C4H7NO.C4H7N.C3H2F2O2.C2H3N3.8C2H6/c1-2-5-9-7-3-6-8(9)4-1;1-2-4-8-7(3-1)5-6-9-8;1-2-4-6-5-3-1;1-2-6-4-3-5-1;1-3-6-4-2-5-1;1-2-4-5-3-1;4-3(5)6-1-2-7-3;1-3-2-5-4-1;8*1-2/h1-6H,7H2;5-6,9H,1-4H2;2,4H,1,3,5H2;1-4H;1,3,5H,2,4H2;1,3,5H,2,4H2;1-2H;1-2H,(H,3,4,5);8*1-2H3. The summed E-state index contributed by atoms with van der Waals surface area (Å²) in [6.45, 7) is 35.8. The normalized spacial score (nSPS) is 13.2. The molecule has 14 heteroatoms. The largest absolute Gasteiger partial charge is 0.585 e. The van der Waals surface area contributed by atoms with E-state index in [-0.39, 0.29) is 0 Å². The average Bonchev–Trinajstić information content (AvgIpc) is 4.36. The number of nitrogens with zero attached hydrogens (tertiary/aromatic N) is 4. The molecule has 69 heavy (non-hydrogen) atoms. The molecular formula is C55H98F2N8O4. The fraction of sp³-hybridized carbons (Fsp3) is 0.527. The summed E-state index contributed by atoms with van der Waals surface area (Å²) in [5, 5.41) is 12.0. The number of rotatable bonds is 0. The molecule has 0 atom stereocenters. The Balaban J connectivity index is -0.000000159. The molecule has 0 radical (unpaired) electrons. The second-order valence-corrected chi connectivity index (χ2v) is 11.2. The van der Waals surface area contributed by atoms with Gasteiger partial charge >= 0.3 is 6.29 Å². The van der Waals surface area contributed by atoms with E-state index in [9.17, 15) is 8.78 Å². The van der Waals surface area contributed by atoms with Crippen LogP contribution in [0.25, 0.3) is 6.08 Å². The van der Waals surface area contributed by atoms with Gasteiger partial charge in [0.2, 0.25) is 0 Å². The van der Waals surface area contributed by atoms with Crippen molar-refractivity contribution >= 4 is 6.08 Å². The minimum atomic E-state index is -3.42. The molecule has 6 aliphatic rings. The molecule has 3 aromatic heterocycles. The lowest BCUT2D eigenvalue weighted by Crippen LogP contribution is -2.16. The maximum Gasteiger partial charge on any atom is 0.585 e. The zero-order chi connectivity index (χ0) is 53.3. The van der Waals surface area contributed by atoms with Gasteiger partial charge in [0, 0.05) is 56.0 Å². The van der Waals surface area contributed by atoms with Crippen LogP contribution in [0.3, 0.4) is 0 Å². The van der Waals surface area contributed by atoms with Gasteiger partial charge in [0.15, 0.2) is 0 Å². The first kappa shape index (κ1) is 74.6. The predicted molar refractivity (Wildman–Crippen MR) is 291 cm³/mol. The van der Waals surface area contributed by atoms with Crippen LogP contribution in [0.2, 0.25) is 0 Å². The average molecular weight is 973 g/mol. The molecule has 2 aliphatic carbocycles. The van der Waals surface area contributed by atoms with Crippen molar-refractivity contribution in [2.24, 2.45) is 0 Å². The Bertz CT molecular complexity index is 1490. The number of alkyl halides is 2. The van der Waals surface area contributed by atoms with E-state index in [0.29, 0.717) is 0 Å². The molecule has 4 N–H and O–H groups in total. The quantitative estimate of drug-likeness (QED) is 0.134. The Morgan fingerprint density at radius 1 is 0.551 bits per heavy atom. The fourth-order valence-electron chi connectivity index (χ4n) is 4.65. The Morgan fingerprint density at radius 3 is 1.46 bits per heavy atom. The summed E-state index contributed by atoms with van der Waals surface area (Å²) >= 11 is 0. The summed E-state index contributed by atoms with van der Waals surface area (Å²) in [5.74, 6) is 0. The van der Waals surface area contributed by atoms with Gasteiger partial charge in [-0.05, 0) is 86.4 Å². The number of hydrogen-bond donors (Lipinski definition) is 4. The van der Waals surface area contributed by atoms with Crippen molar-refractivity contribution in [2.75, 3.05) is 26.3 Å². The Morgan fingerprint density at radius 2 is 1.14 bits per heavy atom. The number of halogens is 2. The van der Waals surface area contributed by atoms with Gasteiger partial charge in [-0.25, -0.2) is 4.98 Å². The number of ether oxygens (including phenoxy) is 4. The molecule has 0 bridgehead atoms. The molecule has 0 saturated carbocycles. The molecule has 4 aromatic rings. The Kier molecular flexibility index (Phi) is 74.2. The molecule has 0 spiro atoms. The maximum absolute atomic E-state index is 11.4. The van der Waals surface area contributed by atoms with Gasteiger partial charge < -0.3 is 34.6 Å². The van der Waals surface area contributed by atoms with Gasteiger partial charge in [-0.3, -0.25) is 15.1 Å². The molecule has 1 aromatic carbocycles. The number of allylic oxidation sites excluding steroid dienone is 2. The van der Waals surface area contributed by atoms with Crippen molar-refractivity contribution in [3.05, 3.63) is 152 Å². The van der Waals surface area contributed by atoms with E-state index in [1.54, 1.807) is 49.1 Å². The highest BCUT2D eigenvalue weighted by Gasteiger charge is 2.35. The summed E-state index contributed by atoms with van der Waals surface area (Å²) in [6.07, 6.45) is 35.5. The highest BCUT2D eigenvalue weighted by Crippen LogP contribution is 2.22. The highest BCUT2D eigenvalue weighted by molar-refractivity contribution is 5.59. The van der Waals surface area contributed by atoms with Crippen LogP contribution in [-0.4, -0.2) is 62.7 Å². The first-order chi connectivity index (χ1) is 34.1. The number of benzene rings is 1. The number of fused-ring (bicyclic) bond motifs is 2. The third-order valence-corrected chi connectivity index (χ3v) is 7.18. The van der Waals surface area contributed by atoms with Gasteiger partial charge in [0.1, 0.15) is 31.8 Å². The first-order valence-electron chi connectivity index (χ1n) is 25.6. The topological polar surface area (TPSA) is 144 Å². The van der Waals surface area contributed by atoms with Crippen LogP contribution in [0.1, 0.15) is 165 Å². The molecule has 0 amide bonds. The summed E-state index contributed by atoms with van der Waals surface area (Å²) in [7, 11) is 0. The van der Waals surface area contributed by atoms with Crippen molar-refractivity contribution in [3.8, 4) is 0 Å². The number of H-pyrrole nitrogens is 2. The molecule has 10 rings (SSSR count). The SMILES string of the molecule is C1=CNCC1.C1=COCCC1.C1=COCCN1.C1=Cc2ccccc2C1.CC.CC.CC.CC.CC.CC.CC.CC.FC1(F)OC=CO1.c1cc2c([nH]1)CCCC2.c1cnccn1.c1nc[nH]n1. The van der Waals surface area contributed by atoms with Crippen molar-refractivity contribution in [1.82, 2.24) is 40.8 Å². The predicted octanol–water partition coefficient (Wildman–Crippen LogP) is 15.6. The van der Waals surface area contributed by atoms with Gasteiger partial charge in [-0.15, -0.1) is 8.78 Å². The van der Waals surface area contributed by atoms with E-state index >= 15 is 0 Å². The van der Waals surface area contributed by atoms with E-state index in [1.807, 2.05) is 123 Å². The van der Waals surface area contributed by atoms with E-state index in [0.717, 1.165) is 45.2 Å². The van der Waals surface area contributed by atoms with Crippen LogP contribution in [0, 0.1) is 0 Å². The lowest BCUT2D eigenvalue weighted by Gasteiger charge is -2.08. The van der Waals surface area contributed by atoms with Gasteiger partial charge in [-0.1, -0.05) is 153 Å². The minimum Gasteiger partial charge on any atom is -0.502 e. The number of aromatic nitrogens is 6. The first-order valence-corrected chi connectivity index (χ1v) is 25.6. The maximum atomic E-state index is 11.4. The van der Waals surface area contributed by atoms with Gasteiger partial charge in [-0.2, -0.15) is 5.10 Å². The van der Waals surface area contributed by atoms with Crippen LogP contribution in [0.5, 0.6) is 0 Å². The highest BCUT2D eigenvalue weighted by atomic mass is 19.3. The van der Waals surface area contributed by atoms with Crippen molar-refractivity contribution in [3.63, 3.8) is 0 Å². The lowest BCUT2D eigenvalue weighted by molar-refractivity contribution is -0.329. The number of aromatic amines is 2. The zero-order valence-corrected chi connectivity index (χ0v) is 45.9. The van der Waals surface area contributed by atoms with Crippen LogP contribution in [-0.2, 0) is 38.2 Å². The number of nitrogens with one attached hydrogen (secondary N) is 4. The second-order valence-electron chi connectivity index (χ2n) is 11.2. The molecule has 7 heterocycles. The second kappa shape index (κ2) is 68.7. The van der Waals surface area contributed by atoms with E-state index < -0.39 is 6.29 Å². The monoisotopic (exact) mass is 973 g/mol. The minimum absolute atomic E-state index is 0.792.